The highest BCUT2D eigenvalue weighted by atomic mass is 35.5. The van der Waals surface area contributed by atoms with E-state index in [-0.39, 0.29) is 34.0 Å². The zero-order valence-corrected chi connectivity index (χ0v) is 12.6. The van der Waals surface area contributed by atoms with Gasteiger partial charge in [0.25, 0.3) is 5.91 Å². The Hall–Kier alpha value is -1.33. The highest BCUT2D eigenvalue weighted by Crippen LogP contribution is 2.26. The lowest BCUT2D eigenvalue weighted by Gasteiger charge is -2.16. The minimum atomic E-state index is -0.295. The average molecular weight is 317 g/mol. The Balaban J connectivity index is 2.16. The SMILES string of the molecule is COC(=O)C1CN(C(=O)c2cc(Cl)nc(Cl)c2)CC1C. The molecule has 5 nitrogen and oxygen atoms in total. The molecule has 1 aromatic rings. The number of carbonyl (C=O) groups is 2. The molecule has 0 bridgehead atoms. The molecular formula is C13H14Cl2N2O3. The molecular weight excluding hydrogens is 303 g/mol. The first-order chi connectivity index (χ1) is 9.42. The smallest absolute Gasteiger partial charge is 0.310 e. The summed E-state index contributed by atoms with van der Waals surface area (Å²) in [5.74, 6) is -0.746. The van der Waals surface area contributed by atoms with Crippen molar-refractivity contribution in [1.82, 2.24) is 9.88 Å². The lowest BCUT2D eigenvalue weighted by molar-refractivity contribution is -0.146. The molecule has 1 amide bonds. The molecule has 108 valence electrons. The van der Waals surface area contributed by atoms with Gasteiger partial charge in [-0.15, -0.1) is 0 Å². The van der Waals surface area contributed by atoms with Gasteiger partial charge in [-0.1, -0.05) is 30.1 Å². The van der Waals surface area contributed by atoms with Gasteiger partial charge in [-0.2, -0.15) is 0 Å². The number of nitrogens with zero attached hydrogens (tertiary/aromatic N) is 2. The van der Waals surface area contributed by atoms with Gasteiger partial charge in [-0.05, 0) is 18.1 Å². The average Bonchev–Trinajstić information content (AvgIpc) is 2.78. The monoisotopic (exact) mass is 316 g/mol. The maximum atomic E-state index is 12.4. The first-order valence-corrected chi connectivity index (χ1v) is 6.88. The fourth-order valence-electron chi connectivity index (χ4n) is 2.36. The molecule has 0 radical (unpaired) electrons. The van der Waals surface area contributed by atoms with Gasteiger partial charge in [0, 0.05) is 18.7 Å². The number of ether oxygens (including phenoxy) is 1. The van der Waals surface area contributed by atoms with Crippen molar-refractivity contribution in [3.8, 4) is 0 Å². The summed E-state index contributed by atoms with van der Waals surface area (Å²) < 4.78 is 4.75. The number of methoxy groups -OCH3 is 1. The molecule has 0 aromatic carbocycles. The summed E-state index contributed by atoms with van der Waals surface area (Å²) >= 11 is 11.6. The number of aromatic nitrogens is 1. The first kappa shape index (κ1) is 15.1. The van der Waals surface area contributed by atoms with E-state index >= 15 is 0 Å². The Bertz CT molecular complexity index is 530. The maximum Gasteiger partial charge on any atom is 0.310 e. The van der Waals surface area contributed by atoms with Crippen LogP contribution in [-0.2, 0) is 9.53 Å². The van der Waals surface area contributed by atoms with E-state index < -0.39 is 0 Å². The van der Waals surface area contributed by atoms with E-state index in [9.17, 15) is 9.59 Å². The minimum Gasteiger partial charge on any atom is -0.469 e. The van der Waals surface area contributed by atoms with Crippen LogP contribution in [0.15, 0.2) is 12.1 Å². The third-order valence-corrected chi connectivity index (χ3v) is 3.80. The van der Waals surface area contributed by atoms with Crippen LogP contribution >= 0.6 is 23.2 Å². The van der Waals surface area contributed by atoms with Crippen molar-refractivity contribution < 1.29 is 14.3 Å². The van der Waals surface area contributed by atoms with Crippen molar-refractivity contribution in [1.29, 1.82) is 0 Å². The van der Waals surface area contributed by atoms with Crippen molar-refractivity contribution in [2.75, 3.05) is 20.2 Å². The van der Waals surface area contributed by atoms with Crippen molar-refractivity contribution in [2.45, 2.75) is 6.92 Å². The molecule has 0 spiro atoms. The van der Waals surface area contributed by atoms with Gasteiger partial charge in [0.2, 0.25) is 0 Å². The molecule has 1 aliphatic rings. The molecule has 2 unspecified atom stereocenters. The molecule has 1 saturated heterocycles. The summed E-state index contributed by atoms with van der Waals surface area (Å²) in [4.78, 5) is 29.4. The molecule has 2 atom stereocenters. The summed E-state index contributed by atoms with van der Waals surface area (Å²) in [6.07, 6.45) is 0. The number of esters is 1. The number of rotatable bonds is 2. The molecule has 1 fully saturated rings. The summed E-state index contributed by atoms with van der Waals surface area (Å²) in [6, 6.07) is 2.93. The van der Waals surface area contributed by atoms with E-state index in [4.69, 9.17) is 27.9 Å². The van der Waals surface area contributed by atoms with Gasteiger partial charge in [0.15, 0.2) is 0 Å². The van der Waals surface area contributed by atoms with Crippen molar-refractivity contribution in [2.24, 2.45) is 11.8 Å². The molecule has 1 aromatic heterocycles. The number of likely N-dealkylation sites (tertiary alicyclic amines) is 1. The molecule has 7 heteroatoms. The standard InChI is InChI=1S/C13H14Cl2N2O3/c1-7-5-17(6-9(7)13(19)20-2)12(18)8-3-10(14)16-11(15)4-8/h3-4,7,9H,5-6H2,1-2H3. The van der Waals surface area contributed by atoms with Crippen molar-refractivity contribution in [3.05, 3.63) is 28.0 Å². The van der Waals surface area contributed by atoms with Crippen LogP contribution in [-0.4, -0.2) is 42.0 Å². The van der Waals surface area contributed by atoms with E-state index in [1.165, 1.54) is 19.2 Å². The largest absolute Gasteiger partial charge is 0.469 e. The second-order valence-electron chi connectivity index (χ2n) is 4.82. The Morgan fingerprint density at radius 3 is 2.45 bits per heavy atom. The van der Waals surface area contributed by atoms with Crippen LogP contribution in [0.2, 0.25) is 10.3 Å². The van der Waals surface area contributed by atoms with Crippen molar-refractivity contribution >= 4 is 35.1 Å². The van der Waals surface area contributed by atoms with Gasteiger partial charge >= 0.3 is 5.97 Å². The number of pyridine rings is 1. The summed E-state index contributed by atoms with van der Waals surface area (Å²) in [5.41, 5.74) is 0.368. The summed E-state index contributed by atoms with van der Waals surface area (Å²) in [7, 11) is 1.35. The highest BCUT2D eigenvalue weighted by Gasteiger charge is 2.38. The topological polar surface area (TPSA) is 59.5 Å². The Morgan fingerprint density at radius 1 is 1.30 bits per heavy atom. The number of amides is 1. The lowest BCUT2D eigenvalue weighted by atomic mass is 9.99. The third-order valence-electron chi connectivity index (χ3n) is 3.41. The molecule has 20 heavy (non-hydrogen) atoms. The van der Waals surface area contributed by atoms with E-state index in [0.29, 0.717) is 18.7 Å². The van der Waals surface area contributed by atoms with Gasteiger partial charge in [-0.3, -0.25) is 9.59 Å². The molecule has 1 aliphatic heterocycles. The van der Waals surface area contributed by atoms with E-state index in [1.54, 1.807) is 4.90 Å². The van der Waals surface area contributed by atoms with Crippen molar-refractivity contribution in [3.63, 3.8) is 0 Å². The third kappa shape index (κ3) is 3.04. The minimum absolute atomic E-state index is 0.0548. The maximum absolute atomic E-state index is 12.4. The predicted octanol–water partition coefficient (Wildman–Crippen LogP) is 2.27. The van der Waals surface area contributed by atoms with Crippen LogP contribution in [0.4, 0.5) is 0 Å². The lowest BCUT2D eigenvalue weighted by Crippen LogP contribution is -2.30. The molecule has 0 N–H and O–H groups in total. The molecule has 2 rings (SSSR count). The van der Waals surface area contributed by atoms with Gasteiger partial charge < -0.3 is 9.64 Å². The Kier molecular flexibility index (Phi) is 4.50. The van der Waals surface area contributed by atoms with E-state index in [2.05, 4.69) is 4.98 Å². The van der Waals surface area contributed by atoms with E-state index in [0.717, 1.165) is 0 Å². The molecule has 0 saturated carbocycles. The number of hydrogen-bond donors (Lipinski definition) is 0. The van der Waals surface area contributed by atoms with Crippen LogP contribution < -0.4 is 0 Å². The number of hydrogen-bond acceptors (Lipinski definition) is 4. The second-order valence-corrected chi connectivity index (χ2v) is 5.59. The first-order valence-electron chi connectivity index (χ1n) is 6.12. The highest BCUT2D eigenvalue weighted by molar-refractivity contribution is 6.33. The van der Waals surface area contributed by atoms with E-state index in [1.807, 2.05) is 6.92 Å². The zero-order valence-electron chi connectivity index (χ0n) is 11.1. The quantitative estimate of drug-likeness (QED) is 0.620. The number of halogens is 2. The summed E-state index contributed by atoms with van der Waals surface area (Å²) in [6.45, 7) is 2.75. The van der Waals surface area contributed by atoms with Gasteiger partial charge in [-0.25, -0.2) is 4.98 Å². The van der Waals surface area contributed by atoms with Crippen LogP contribution in [0.1, 0.15) is 17.3 Å². The van der Waals surface area contributed by atoms with Gasteiger partial charge in [0.1, 0.15) is 10.3 Å². The van der Waals surface area contributed by atoms with Crippen LogP contribution in [0, 0.1) is 11.8 Å². The Morgan fingerprint density at radius 2 is 1.90 bits per heavy atom. The fourth-order valence-corrected chi connectivity index (χ4v) is 2.82. The summed E-state index contributed by atoms with van der Waals surface area (Å²) in [5, 5.41) is 0.329. The zero-order chi connectivity index (χ0) is 14.9. The second kappa shape index (κ2) is 5.97. The van der Waals surface area contributed by atoms with Crippen LogP contribution in [0.3, 0.4) is 0 Å². The number of carbonyl (C=O) groups excluding carboxylic acids is 2. The van der Waals surface area contributed by atoms with Crippen LogP contribution in [0.5, 0.6) is 0 Å². The van der Waals surface area contributed by atoms with Crippen LogP contribution in [0.25, 0.3) is 0 Å². The predicted molar refractivity (Wildman–Crippen MR) is 74.8 cm³/mol. The normalized spacial score (nSPS) is 21.9. The van der Waals surface area contributed by atoms with Gasteiger partial charge in [0.05, 0.1) is 13.0 Å². The molecule has 0 aliphatic carbocycles. The molecule has 2 heterocycles. The fraction of sp³-hybridized carbons (Fsp3) is 0.462. The Labute approximate surface area is 126 Å².